The zero-order chi connectivity index (χ0) is 38.3. The summed E-state index contributed by atoms with van der Waals surface area (Å²) < 4.78 is 6.44. The normalized spacial score (nSPS) is 11.1. The molecule has 0 fully saturated rings. The third-order valence-corrected chi connectivity index (χ3v) is 9.94. The number of fused-ring (bicyclic) bond motifs is 4. The van der Waals surface area contributed by atoms with Gasteiger partial charge in [-0.1, -0.05) is 109 Å². The minimum atomic E-state index is 0.414. The monoisotopic (exact) mass is 729 g/mol. The van der Waals surface area contributed by atoms with Gasteiger partial charge in [0.15, 0.2) is 23.3 Å². The van der Waals surface area contributed by atoms with Crippen LogP contribution in [0.5, 0.6) is 0 Å². The van der Waals surface area contributed by atoms with Crippen molar-refractivity contribution >= 4 is 32.8 Å². The maximum atomic E-state index is 10.3. The first-order chi connectivity index (χ1) is 28.1. The van der Waals surface area contributed by atoms with Gasteiger partial charge in [0.05, 0.1) is 34.5 Å². The van der Waals surface area contributed by atoms with E-state index in [-0.39, 0.29) is 0 Å². The average Bonchev–Trinajstić information content (AvgIpc) is 3.68. The van der Waals surface area contributed by atoms with Crippen LogP contribution in [0.15, 0.2) is 168 Å². The molecule has 0 aliphatic rings. The van der Waals surface area contributed by atoms with Crippen molar-refractivity contribution in [3.63, 3.8) is 0 Å². The van der Waals surface area contributed by atoms with E-state index in [1.54, 1.807) is 24.3 Å². The molecule has 0 saturated carbocycles. The lowest BCUT2D eigenvalue weighted by molar-refractivity contribution is 0.670. The Bertz CT molecular complexity index is 3210. The minimum absolute atomic E-state index is 0.414. The number of aromatic nitrogens is 5. The number of hydrogen-bond donors (Lipinski definition) is 0. The molecule has 10 aromatic rings. The van der Waals surface area contributed by atoms with Gasteiger partial charge < -0.3 is 4.42 Å². The van der Waals surface area contributed by atoms with Crippen LogP contribution in [0, 0.1) is 22.7 Å². The first-order valence-corrected chi connectivity index (χ1v) is 18.3. The van der Waals surface area contributed by atoms with Crippen LogP contribution in [0.2, 0.25) is 0 Å². The largest absolute Gasteiger partial charge is 0.455 e. The van der Waals surface area contributed by atoms with Crippen molar-refractivity contribution in [1.82, 2.24) is 24.9 Å². The maximum absolute atomic E-state index is 10.3. The van der Waals surface area contributed by atoms with E-state index in [2.05, 4.69) is 24.3 Å². The molecule has 0 unspecified atom stereocenters. The summed E-state index contributed by atoms with van der Waals surface area (Å²) in [5, 5.41) is 23.5. The lowest BCUT2D eigenvalue weighted by atomic mass is 9.96. The first kappa shape index (κ1) is 33.3. The molecule has 0 amide bonds. The molecule has 0 radical (unpaired) electrons. The number of benzene rings is 7. The van der Waals surface area contributed by atoms with Crippen molar-refractivity contribution in [2.75, 3.05) is 0 Å². The van der Waals surface area contributed by atoms with Crippen molar-refractivity contribution in [1.29, 1.82) is 10.5 Å². The second-order valence-electron chi connectivity index (χ2n) is 13.6. The Morgan fingerprint density at radius 2 is 0.877 bits per heavy atom. The van der Waals surface area contributed by atoms with Crippen molar-refractivity contribution < 1.29 is 4.42 Å². The van der Waals surface area contributed by atoms with Crippen molar-refractivity contribution in [3.8, 4) is 80.1 Å². The molecular formula is C49H27N7O. The summed E-state index contributed by atoms with van der Waals surface area (Å²) in [6.07, 6.45) is 0. The van der Waals surface area contributed by atoms with Crippen LogP contribution in [0.1, 0.15) is 11.1 Å². The Hall–Kier alpha value is -8.33. The molecule has 0 aliphatic carbocycles. The molecule has 57 heavy (non-hydrogen) atoms. The second kappa shape index (κ2) is 13.8. The SMILES string of the molecule is N#Cc1cc(-c2cc(C#N)cc(-c3nc(-c4cccc5c4oc4ccccc45)c4ccccc4n3)c2)cc(-c2nc(-c3ccccc3)nc(-c3ccccc3)n2)c1. The molecule has 0 atom stereocenters. The Balaban J connectivity index is 1.14. The smallest absolute Gasteiger partial charge is 0.164 e. The third kappa shape index (κ3) is 6.10. The molecule has 0 saturated heterocycles. The van der Waals surface area contributed by atoms with E-state index in [1.165, 1.54) is 0 Å². The molecule has 0 aliphatic heterocycles. The van der Waals surface area contributed by atoms with Crippen molar-refractivity contribution in [2.45, 2.75) is 0 Å². The minimum Gasteiger partial charge on any atom is -0.455 e. The summed E-state index contributed by atoms with van der Waals surface area (Å²) in [6, 6.07) is 57.2. The number of nitriles is 2. The van der Waals surface area contributed by atoms with Gasteiger partial charge in [0, 0.05) is 44.0 Å². The summed E-state index contributed by atoms with van der Waals surface area (Å²) >= 11 is 0. The van der Waals surface area contributed by atoms with Crippen LogP contribution >= 0.6 is 0 Å². The molecule has 0 spiro atoms. The van der Waals surface area contributed by atoms with Crippen molar-refractivity contribution in [2.24, 2.45) is 0 Å². The number of rotatable bonds is 6. The van der Waals surface area contributed by atoms with Crippen LogP contribution in [-0.4, -0.2) is 24.9 Å². The van der Waals surface area contributed by atoms with Gasteiger partial charge in [-0.3, -0.25) is 0 Å². The standard InChI is InChI=1S/C49H27N7O/c50-28-30-22-34(35-23-31(29-51)25-37(27-35)49-55-46(32-12-3-1-4-13-32)54-47(56-49)33-14-5-2-6-15-33)26-36(24-30)48-52-42-20-9-7-17-40(42)44(53-48)41-19-11-18-39-38-16-8-10-21-43(38)57-45(39)41/h1-27H. The van der Waals surface area contributed by atoms with Gasteiger partial charge in [0.2, 0.25) is 0 Å². The van der Waals surface area contributed by atoms with E-state index in [1.807, 2.05) is 127 Å². The third-order valence-electron chi connectivity index (χ3n) is 9.94. The Morgan fingerprint density at radius 1 is 0.386 bits per heavy atom. The predicted molar refractivity (Wildman–Crippen MR) is 222 cm³/mol. The summed E-state index contributed by atoms with van der Waals surface area (Å²) in [5.41, 5.74) is 9.06. The van der Waals surface area contributed by atoms with Crippen LogP contribution in [-0.2, 0) is 0 Å². The Kier molecular flexibility index (Phi) is 8.06. The first-order valence-electron chi connectivity index (χ1n) is 18.3. The zero-order valence-electron chi connectivity index (χ0n) is 30.1. The summed E-state index contributed by atoms with van der Waals surface area (Å²) in [4.78, 5) is 24.8. The highest BCUT2D eigenvalue weighted by Crippen LogP contribution is 2.39. The van der Waals surface area contributed by atoms with Crippen LogP contribution in [0.25, 0.3) is 101 Å². The molecule has 3 aromatic heterocycles. The Labute approximate surface area is 326 Å². The summed E-state index contributed by atoms with van der Waals surface area (Å²) in [5.74, 6) is 1.89. The Morgan fingerprint density at radius 3 is 1.49 bits per heavy atom. The second-order valence-corrected chi connectivity index (χ2v) is 13.6. The molecule has 264 valence electrons. The van der Waals surface area contributed by atoms with E-state index >= 15 is 0 Å². The lowest BCUT2D eigenvalue weighted by Gasteiger charge is -2.12. The highest BCUT2D eigenvalue weighted by molar-refractivity contribution is 6.11. The van der Waals surface area contributed by atoms with Crippen LogP contribution in [0.3, 0.4) is 0 Å². The van der Waals surface area contributed by atoms with Gasteiger partial charge in [-0.25, -0.2) is 24.9 Å². The zero-order valence-corrected chi connectivity index (χ0v) is 30.1. The van der Waals surface area contributed by atoms with E-state index in [0.717, 1.165) is 55.2 Å². The lowest BCUT2D eigenvalue weighted by Crippen LogP contribution is -2.00. The van der Waals surface area contributed by atoms with Gasteiger partial charge in [0.1, 0.15) is 11.2 Å². The number of furan rings is 1. The fourth-order valence-corrected chi connectivity index (χ4v) is 7.26. The number of nitrogens with zero attached hydrogens (tertiary/aromatic N) is 7. The highest BCUT2D eigenvalue weighted by Gasteiger charge is 2.19. The van der Waals surface area contributed by atoms with Gasteiger partial charge in [-0.15, -0.1) is 0 Å². The molecule has 0 N–H and O–H groups in total. The fraction of sp³-hybridized carbons (Fsp3) is 0. The highest BCUT2D eigenvalue weighted by atomic mass is 16.3. The molecule has 3 heterocycles. The molecular weight excluding hydrogens is 703 g/mol. The van der Waals surface area contributed by atoms with Crippen molar-refractivity contribution in [3.05, 3.63) is 175 Å². The fourth-order valence-electron chi connectivity index (χ4n) is 7.26. The van der Waals surface area contributed by atoms with Gasteiger partial charge in [-0.05, 0) is 65.7 Å². The predicted octanol–water partition coefficient (Wildman–Crippen LogP) is 11.5. The summed E-state index contributed by atoms with van der Waals surface area (Å²) in [6.45, 7) is 0. The number of hydrogen-bond acceptors (Lipinski definition) is 8. The molecule has 7 aromatic carbocycles. The van der Waals surface area contributed by atoms with Gasteiger partial charge >= 0.3 is 0 Å². The summed E-state index contributed by atoms with van der Waals surface area (Å²) in [7, 11) is 0. The average molecular weight is 730 g/mol. The number of para-hydroxylation sites is 3. The van der Waals surface area contributed by atoms with Gasteiger partial charge in [0.25, 0.3) is 0 Å². The molecule has 8 heteroatoms. The van der Waals surface area contributed by atoms with E-state index < -0.39 is 0 Å². The van der Waals surface area contributed by atoms with Gasteiger partial charge in [-0.2, -0.15) is 10.5 Å². The van der Waals surface area contributed by atoms with E-state index in [9.17, 15) is 10.5 Å². The molecule has 8 nitrogen and oxygen atoms in total. The van der Waals surface area contributed by atoms with Crippen LogP contribution in [0.4, 0.5) is 0 Å². The van der Waals surface area contributed by atoms with Crippen LogP contribution < -0.4 is 0 Å². The van der Waals surface area contributed by atoms with E-state index in [4.69, 9.17) is 29.3 Å². The quantitative estimate of drug-likeness (QED) is 0.166. The molecule has 10 rings (SSSR count). The van der Waals surface area contributed by atoms with E-state index in [0.29, 0.717) is 56.7 Å². The molecule has 0 bridgehead atoms. The topological polar surface area (TPSA) is 125 Å². The maximum Gasteiger partial charge on any atom is 0.164 e.